The highest BCUT2D eigenvalue weighted by Gasteiger charge is 2.13. The van der Waals surface area contributed by atoms with E-state index >= 15 is 0 Å². The Bertz CT molecular complexity index is 866. The SMILES string of the molecule is CC(C)Oc1ccc(CCNC(=O)CCNS(=O)(=O)c2ccc(Br)cc2)cc1. The van der Waals surface area contributed by atoms with Gasteiger partial charge in [-0.2, -0.15) is 0 Å². The predicted octanol–water partition coefficient (Wildman–Crippen LogP) is 3.26. The Morgan fingerprint density at radius 1 is 1.04 bits per heavy atom. The minimum Gasteiger partial charge on any atom is -0.491 e. The van der Waals surface area contributed by atoms with Crippen molar-refractivity contribution in [1.29, 1.82) is 0 Å². The van der Waals surface area contributed by atoms with E-state index in [-0.39, 0.29) is 29.9 Å². The second-order valence-electron chi connectivity index (χ2n) is 6.51. The molecule has 0 spiro atoms. The van der Waals surface area contributed by atoms with Crippen LogP contribution in [0.4, 0.5) is 0 Å². The van der Waals surface area contributed by atoms with Crippen LogP contribution in [0.5, 0.6) is 5.75 Å². The third kappa shape index (κ3) is 7.61. The molecule has 6 nitrogen and oxygen atoms in total. The summed E-state index contributed by atoms with van der Waals surface area (Å²) in [6.45, 7) is 4.49. The molecule has 0 fully saturated rings. The lowest BCUT2D eigenvalue weighted by molar-refractivity contribution is -0.120. The van der Waals surface area contributed by atoms with Crippen LogP contribution in [0.15, 0.2) is 57.9 Å². The Kier molecular flexibility index (Phi) is 8.47. The van der Waals surface area contributed by atoms with Gasteiger partial charge in [0, 0.05) is 24.0 Å². The standard InChI is InChI=1S/C20H25BrN2O4S/c1-15(2)27-18-7-3-16(4-8-18)11-13-22-20(24)12-14-23-28(25,26)19-9-5-17(21)6-10-19/h3-10,15,23H,11-14H2,1-2H3,(H,22,24). The Morgan fingerprint density at radius 2 is 1.68 bits per heavy atom. The highest BCUT2D eigenvalue weighted by molar-refractivity contribution is 9.10. The fourth-order valence-electron chi connectivity index (χ4n) is 2.44. The Labute approximate surface area is 174 Å². The molecule has 0 aliphatic heterocycles. The summed E-state index contributed by atoms with van der Waals surface area (Å²) in [6, 6.07) is 14.1. The number of carbonyl (C=O) groups excluding carboxylic acids is 1. The molecule has 1 amide bonds. The van der Waals surface area contributed by atoms with E-state index in [9.17, 15) is 13.2 Å². The van der Waals surface area contributed by atoms with Crippen molar-refractivity contribution >= 4 is 31.9 Å². The predicted molar refractivity (Wildman–Crippen MR) is 113 cm³/mol. The summed E-state index contributed by atoms with van der Waals surface area (Å²) in [5, 5.41) is 2.80. The number of ether oxygens (including phenoxy) is 1. The lowest BCUT2D eigenvalue weighted by atomic mass is 10.1. The quantitative estimate of drug-likeness (QED) is 0.560. The van der Waals surface area contributed by atoms with Crippen LogP contribution in [-0.4, -0.2) is 33.5 Å². The first-order valence-electron chi connectivity index (χ1n) is 9.04. The fraction of sp³-hybridized carbons (Fsp3) is 0.350. The molecule has 0 atom stereocenters. The molecule has 152 valence electrons. The van der Waals surface area contributed by atoms with Gasteiger partial charge >= 0.3 is 0 Å². The first kappa shape index (κ1) is 22.4. The largest absolute Gasteiger partial charge is 0.491 e. The number of carbonyl (C=O) groups is 1. The molecule has 0 aromatic heterocycles. The molecule has 0 unspecified atom stereocenters. The number of nitrogens with one attached hydrogen (secondary N) is 2. The molecule has 2 aromatic rings. The second kappa shape index (κ2) is 10.6. The molecule has 2 rings (SSSR count). The lowest BCUT2D eigenvalue weighted by Gasteiger charge is -2.10. The van der Waals surface area contributed by atoms with Gasteiger partial charge in [-0.15, -0.1) is 0 Å². The van der Waals surface area contributed by atoms with Crippen molar-refractivity contribution in [1.82, 2.24) is 10.0 Å². The van der Waals surface area contributed by atoms with E-state index in [1.165, 1.54) is 12.1 Å². The van der Waals surface area contributed by atoms with E-state index in [0.717, 1.165) is 15.8 Å². The maximum atomic E-state index is 12.1. The fourth-order valence-corrected chi connectivity index (χ4v) is 3.73. The number of sulfonamides is 1. The molecule has 28 heavy (non-hydrogen) atoms. The van der Waals surface area contributed by atoms with Crippen molar-refractivity contribution in [3.63, 3.8) is 0 Å². The molecule has 0 aliphatic carbocycles. The number of hydrogen-bond acceptors (Lipinski definition) is 4. The van der Waals surface area contributed by atoms with E-state index in [2.05, 4.69) is 26.0 Å². The van der Waals surface area contributed by atoms with Crippen molar-refractivity contribution in [2.45, 2.75) is 37.7 Å². The van der Waals surface area contributed by atoms with Crippen LogP contribution in [0.2, 0.25) is 0 Å². The number of hydrogen-bond donors (Lipinski definition) is 2. The molecular weight excluding hydrogens is 444 g/mol. The third-order valence-corrected chi connectivity index (χ3v) is 5.80. The van der Waals surface area contributed by atoms with Gasteiger partial charge < -0.3 is 10.1 Å². The molecule has 8 heteroatoms. The molecule has 2 aromatic carbocycles. The topological polar surface area (TPSA) is 84.5 Å². The summed E-state index contributed by atoms with van der Waals surface area (Å²) in [5.41, 5.74) is 1.09. The van der Waals surface area contributed by atoms with Crippen molar-refractivity contribution in [2.75, 3.05) is 13.1 Å². The van der Waals surface area contributed by atoms with Crippen molar-refractivity contribution in [3.05, 3.63) is 58.6 Å². The van der Waals surface area contributed by atoms with E-state index in [4.69, 9.17) is 4.74 Å². The molecule has 2 N–H and O–H groups in total. The second-order valence-corrected chi connectivity index (χ2v) is 9.19. The van der Waals surface area contributed by atoms with Gasteiger partial charge in [0.25, 0.3) is 0 Å². The Balaban J connectivity index is 1.69. The molecule has 0 heterocycles. The minimum absolute atomic E-state index is 0.0471. The van der Waals surface area contributed by atoms with Gasteiger partial charge in [0.15, 0.2) is 0 Å². The lowest BCUT2D eigenvalue weighted by Crippen LogP contribution is -2.31. The van der Waals surface area contributed by atoms with Crippen LogP contribution in [0.3, 0.4) is 0 Å². The summed E-state index contributed by atoms with van der Waals surface area (Å²) in [6.07, 6.45) is 0.904. The molecule has 0 aliphatic rings. The maximum Gasteiger partial charge on any atom is 0.240 e. The number of amides is 1. The molecular formula is C20H25BrN2O4S. The summed E-state index contributed by atoms with van der Waals surface area (Å²) in [4.78, 5) is 12.1. The Morgan fingerprint density at radius 3 is 2.29 bits per heavy atom. The van der Waals surface area contributed by atoms with Crippen LogP contribution >= 0.6 is 15.9 Å². The van der Waals surface area contributed by atoms with E-state index in [0.29, 0.717) is 13.0 Å². The highest BCUT2D eigenvalue weighted by atomic mass is 79.9. The summed E-state index contributed by atoms with van der Waals surface area (Å²) >= 11 is 3.26. The zero-order valence-electron chi connectivity index (χ0n) is 15.9. The van der Waals surface area contributed by atoms with Gasteiger partial charge in [0.2, 0.25) is 15.9 Å². The van der Waals surface area contributed by atoms with Crippen molar-refractivity contribution < 1.29 is 17.9 Å². The van der Waals surface area contributed by atoms with Crippen LogP contribution in [0, 0.1) is 0 Å². The molecule has 0 saturated carbocycles. The average Bonchev–Trinajstić information content (AvgIpc) is 2.63. The van der Waals surface area contributed by atoms with Crippen LogP contribution in [0.1, 0.15) is 25.8 Å². The summed E-state index contributed by atoms with van der Waals surface area (Å²) in [5.74, 6) is 0.624. The number of benzene rings is 2. The number of halogens is 1. The summed E-state index contributed by atoms with van der Waals surface area (Å²) < 4.78 is 33.1. The van der Waals surface area contributed by atoms with Crippen molar-refractivity contribution in [2.24, 2.45) is 0 Å². The van der Waals surface area contributed by atoms with Gasteiger partial charge in [0.05, 0.1) is 11.0 Å². The minimum atomic E-state index is -3.61. The zero-order valence-corrected chi connectivity index (χ0v) is 18.3. The first-order valence-corrected chi connectivity index (χ1v) is 11.3. The third-order valence-electron chi connectivity index (χ3n) is 3.80. The molecule has 0 radical (unpaired) electrons. The highest BCUT2D eigenvalue weighted by Crippen LogP contribution is 2.15. The zero-order chi connectivity index (χ0) is 20.6. The molecule has 0 saturated heterocycles. The first-order chi connectivity index (χ1) is 13.3. The van der Waals surface area contributed by atoms with E-state index < -0.39 is 10.0 Å². The van der Waals surface area contributed by atoms with E-state index in [1.54, 1.807) is 12.1 Å². The average molecular weight is 469 g/mol. The van der Waals surface area contributed by atoms with Crippen LogP contribution in [-0.2, 0) is 21.2 Å². The normalized spacial score (nSPS) is 11.4. The monoisotopic (exact) mass is 468 g/mol. The van der Waals surface area contributed by atoms with Gasteiger partial charge in [0.1, 0.15) is 5.75 Å². The smallest absolute Gasteiger partial charge is 0.240 e. The number of rotatable bonds is 10. The van der Waals surface area contributed by atoms with E-state index in [1.807, 2.05) is 38.1 Å². The summed E-state index contributed by atoms with van der Waals surface area (Å²) in [7, 11) is -3.61. The van der Waals surface area contributed by atoms with Crippen LogP contribution in [0.25, 0.3) is 0 Å². The van der Waals surface area contributed by atoms with Crippen LogP contribution < -0.4 is 14.8 Å². The molecule has 0 bridgehead atoms. The van der Waals surface area contributed by atoms with Gasteiger partial charge in [-0.3, -0.25) is 4.79 Å². The van der Waals surface area contributed by atoms with Gasteiger partial charge in [-0.1, -0.05) is 28.1 Å². The van der Waals surface area contributed by atoms with Gasteiger partial charge in [-0.05, 0) is 62.2 Å². The van der Waals surface area contributed by atoms with Gasteiger partial charge in [-0.25, -0.2) is 13.1 Å². The van der Waals surface area contributed by atoms with Crippen molar-refractivity contribution in [3.8, 4) is 5.75 Å². The maximum absolute atomic E-state index is 12.1. The Hall–Kier alpha value is -1.90.